The van der Waals surface area contributed by atoms with Gasteiger partial charge in [-0.15, -0.1) is 0 Å². The third-order valence-corrected chi connectivity index (χ3v) is 4.76. The van der Waals surface area contributed by atoms with Crippen LogP contribution in [-0.4, -0.2) is 22.6 Å². The van der Waals surface area contributed by atoms with Crippen molar-refractivity contribution in [2.45, 2.75) is 58.9 Å². The monoisotopic (exact) mass is 263 g/mol. The average Bonchev–Trinajstić information content (AvgIpc) is 2.93. The average molecular weight is 263 g/mol. The van der Waals surface area contributed by atoms with Crippen LogP contribution in [0.4, 0.5) is 0 Å². The van der Waals surface area contributed by atoms with Gasteiger partial charge in [-0.05, 0) is 44.7 Å². The molecule has 1 aliphatic carbocycles. The van der Waals surface area contributed by atoms with Crippen LogP contribution in [0.2, 0.25) is 0 Å². The predicted molar refractivity (Wildman–Crippen MR) is 80.3 cm³/mol. The zero-order valence-corrected chi connectivity index (χ0v) is 12.7. The Morgan fingerprint density at radius 3 is 2.84 bits per heavy atom. The number of hydrogen-bond donors (Lipinski definition) is 1. The topological polar surface area (TPSA) is 29.9 Å². The molecule has 1 heterocycles. The lowest BCUT2D eigenvalue weighted by Gasteiger charge is -2.36. The Balaban J connectivity index is 2.14. The highest BCUT2D eigenvalue weighted by Gasteiger charge is 2.32. The van der Waals surface area contributed by atoms with Crippen molar-refractivity contribution in [3.63, 3.8) is 0 Å². The number of imidazole rings is 1. The maximum atomic E-state index is 4.67. The van der Waals surface area contributed by atoms with Gasteiger partial charge in [-0.25, -0.2) is 4.98 Å². The van der Waals surface area contributed by atoms with E-state index >= 15 is 0 Å². The summed E-state index contributed by atoms with van der Waals surface area (Å²) in [5, 5.41) is 3.54. The first kappa shape index (κ1) is 14.6. The molecule has 108 valence electrons. The SMILES string of the molecule is CCNCC1CCC(CC)CC1c1nccn1CC. The quantitative estimate of drug-likeness (QED) is 0.852. The van der Waals surface area contributed by atoms with E-state index in [1.807, 2.05) is 6.20 Å². The Kier molecular flexibility index (Phi) is 5.44. The normalized spacial score (nSPS) is 27.6. The van der Waals surface area contributed by atoms with Gasteiger partial charge < -0.3 is 9.88 Å². The van der Waals surface area contributed by atoms with Crippen molar-refractivity contribution in [1.82, 2.24) is 14.9 Å². The van der Waals surface area contributed by atoms with Gasteiger partial charge in [0.15, 0.2) is 0 Å². The number of aromatic nitrogens is 2. The maximum absolute atomic E-state index is 4.67. The summed E-state index contributed by atoms with van der Waals surface area (Å²) in [6.07, 6.45) is 9.50. The van der Waals surface area contributed by atoms with Crippen LogP contribution >= 0.6 is 0 Å². The van der Waals surface area contributed by atoms with E-state index in [1.54, 1.807) is 0 Å². The maximum Gasteiger partial charge on any atom is 0.112 e. The summed E-state index contributed by atoms with van der Waals surface area (Å²) in [6, 6.07) is 0. The highest BCUT2D eigenvalue weighted by molar-refractivity contribution is 5.05. The number of nitrogens with zero attached hydrogens (tertiary/aromatic N) is 2. The molecule has 0 aliphatic heterocycles. The number of aryl methyl sites for hydroxylation is 1. The second-order valence-corrected chi connectivity index (χ2v) is 5.83. The highest BCUT2D eigenvalue weighted by atomic mass is 15.1. The Morgan fingerprint density at radius 1 is 1.32 bits per heavy atom. The van der Waals surface area contributed by atoms with Gasteiger partial charge in [0.25, 0.3) is 0 Å². The molecule has 0 amide bonds. The van der Waals surface area contributed by atoms with Crippen molar-refractivity contribution in [1.29, 1.82) is 0 Å². The van der Waals surface area contributed by atoms with E-state index in [1.165, 1.54) is 31.5 Å². The van der Waals surface area contributed by atoms with Crippen LogP contribution in [0.1, 0.15) is 58.2 Å². The molecule has 0 aromatic carbocycles. The Morgan fingerprint density at radius 2 is 2.16 bits per heavy atom. The van der Waals surface area contributed by atoms with Crippen LogP contribution in [0.25, 0.3) is 0 Å². The van der Waals surface area contributed by atoms with Gasteiger partial charge in [-0.3, -0.25) is 0 Å². The first-order valence-corrected chi connectivity index (χ1v) is 8.01. The minimum absolute atomic E-state index is 0.646. The molecule has 3 unspecified atom stereocenters. The predicted octanol–water partition coefficient (Wildman–Crippen LogP) is 3.42. The Bertz CT molecular complexity index is 372. The second kappa shape index (κ2) is 7.09. The number of rotatable bonds is 6. The van der Waals surface area contributed by atoms with Crippen molar-refractivity contribution in [2.75, 3.05) is 13.1 Å². The Labute approximate surface area is 117 Å². The van der Waals surface area contributed by atoms with Crippen molar-refractivity contribution in [2.24, 2.45) is 11.8 Å². The lowest BCUT2D eigenvalue weighted by Crippen LogP contribution is -2.33. The third kappa shape index (κ3) is 3.38. The first-order valence-electron chi connectivity index (χ1n) is 8.01. The standard InChI is InChI=1S/C16H29N3/c1-4-13-7-8-14(12-17-5-2)15(11-13)16-18-9-10-19(16)6-3/h9-10,13-15,17H,4-8,11-12H2,1-3H3. The van der Waals surface area contributed by atoms with Crippen molar-refractivity contribution >= 4 is 0 Å². The highest BCUT2D eigenvalue weighted by Crippen LogP contribution is 2.40. The molecule has 1 N–H and O–H groups in total. The molecule has 3 nitrogen and oxygen atoms in total. The zero-order valence-electron chi connectivity index (χ0n) is 12.7. The van der Waals surface area contributed by atoms with Crippen molar-refractivity contribution in [3.05, 3.63) is 18.2 Å². The molecule has 19 heavy (non-hydrogen) atoms. The van der Waals surface area contributed by atoms with E-state index in [-0.39, 0.29) is 0 Å². The molecule has 1 saturated carbocycles. The van der Waals surface area contributed by atoms with E-state index in [2.05, 4.69) is 41.8 Å². The lowest BCUT2D eigenvalue weighted by atomic mass is 9.72. The molecule has 1 aromatic heterocycles. The van der Waals surface area contributed by atoms with Gasteiger partial charge in [0.05, 0.1) is 0 Å². The lowest BCUT2D eigenvalue weighted by molar-refractivity contribution is 0.216. The molecule has 3 heteroatoms. The summed E-state index contributed by atoms with van der Waals surface area (Å²) in [7, 11) is 0. The van der Waals surface area contributed by atoms with E-state index in [9.17, 15) is 0 Å². The largest absolute Gasteiger partial charge is 0.335 e. The zero-order chi connectivity index (χ0) is 13.7. The van der Waals surface area contributed by atoms with Crippen LogP contribution in [0.3, 0.4) is 0 Å². The van der Waals surface area contributed by atoms with Gasteiger partial charge in [-0.2, -0.15) is 0 Å². The van der Waals surface area contributed by atoms with Crippen LogP contribution in [0.5, 0.6) is 0 Å². The van der Waals surface area contributed by atoms with Gasteiger partial charge >= 0.3 is 0 Å². The van der Waals surface area contributed by atoms with Crippen LogP contribution < -0.4 is 5.32 Å². The van der Waals surface area contributed by atoms with Gasteiger partial charge in [0.1, 0.15) is 5.82 Å². The number of nitrogens with one attached hydrogen (secondary N) is 1. The fourth-order valence-corrected chi connectivity index (χ4v) is 3.50. The van der Waals surface area contributed by atoms with E-state index in [0.717, 1.165) is 31.5 Å². The molecule has 1 aromatic rings. The molecule has 1 aliphatic rings. The van der Waals surface area contributed by atoms with Crippen molar-refractivity contribution < 1.29 is 0 Å². The molecule has 0 saturated heterocycles. The molecule has 0 radical (unpaired) electrons. The van der Waals surface area contributed by atoms with E-state index in [0.29, 0.717) is 5.92 Å². The fourth-order valence-electron chi connectivity index (χ4n) is 3.50. The summed E-state index contributed by atoms with van der Waals surface area (Å²) in [5.41, 5.74) is 0. The van der Waals surface area contributed by atoms with Crippen LogP contribution in [0.15, 0.2) is 12.4 Å². The molecular formula is C16H29N3. The first-order chi connectivity index (χ1) is 9.30. The Hall–Kier alpha value is -0.830. The van der Waals surface area contributed by atoms with Gasteiger partial charge in [0, 0.05) is 24.9 Å². The molecule has 3 atom stereocenters. The third-order valence-electron chi connectivity index (χ3n) is 4.76. The summed E-state index contributed by atoms with van der Waals surface area (Å²) in [5.74, 6) is 3.62. The minimum Gasteiger partial charge on any atom is -0.335 e. The van der Waals surface area contributed by atoms with Gasteiger partial charge in [0.2, 0.25) is 0 Å². The molecular weight excluding hydrogens is 234 g/mol. The second-order valence-electron chi connectivity index (χ2n) is 5.83. The molecule has 0 spiro atoms. The fraction of sp³-hybridized carbons (Fsp3) is 0.812. The van der Waals surface area contributed by atoms with E-state index in [4.69, 9.17) is 0 Å². The molecule has 2 rings (SSSR count). The summed E-state index contributed by atoms with van der Waals surface area (Å²) >= 11 is 0. The van der Waals surface area contributed by atoms with Gasteiger partial charge in [-0.1, -0.05) is 26.7 Å². The summed E-state index contributed by atoms with van der Waals surface area (Å²) in [4.78, 5) is 4.67. The van der Waals surface area contributed by atoms with E-state index < -0.39 is 0 Å². The number of hydrogen-bond acceptors (Lipinski definition) is 2. The summed E-state index contributed by atoms with van der Waals surface area (Å²) < 4.78 is 2.33. The minimum atomic E-state index is 0.646. The summed E-state index contributed by atoms with van der Waals surface area (Å²) in [6.45, 7) is 10.00. The van der Waals surface area contributed by atoms with Crippen molar-refractivity contribution in [3.8, 4) is 0 Å². The van der Waals surface area contributed by atoms with Crippen LogP contribution in [-0.2, 0) is 6.54 Å². The molecule has 0 bridgehead atoms. The van der Waals surface area contributed by atoms with Crippen LogP contribution in [0, 0.1) is 11.8 Å². The molecule has 1 fully saturated rings. The smallest absolute Gasteiger partial charge is 0.112 e.